The van der Waals surface area contributed by atoms with Crippen LogP contribution in [0.3, 0.4) is 0 Å². The molecule has 130 valence electrons. The summed E-state index contributed by atoms with van der Waals surface area (Å²) in [6, 6.07) is 0. The summed E-state index contributed by atoms with van der Waals surface area (Å²) in [5, 5.41) is 0. The Morgan fingerprint density at radius 2 is 2.30 bits per heavy atom. The maximum atomic E-state index is 12.2. The van der Waals surface area contributed by atoms with Gasteiger partial charge in [-0.25, -0.2) is 4.98 Å². The molecule has 0 bridgehead atoms. The first-order valence-corrected chi connectivity index (χ1v) is 8.05. The summed E-state index contributed by atoms with van der Waals surface area (Å²) >= 11 is 0. The second-order valence-electron chi connectivity index (χ2n) is 6.27. The molecule has 7 nitrogen and oxygen atoms in total. The molecule has 1 saturated heterocycles. The molecule has 1 atom stereocenters. The van der Waals surface area contributed by atoms with Gasteiger partial charge in [0.15, 0.2) is 0 Å². The van der Waals surface area contributed by atoms with Gasteiger partial charge in [-0.15, -0.1) is 0 Å². The first kappa shape index (κ1) is 17.9. The van der Waals surface area contributed by atoms with Gasteiger partial charge in [-0.3, -0.25) is 9.69 Å². The van der Waals surface area contributed by atoms with Crippen LogP contribution in [-0.4, -0.2) is 78.4 Å². The van der Waals surface area contributed by atoms with E-state index in [-0.39, 0.29) is 5.91 Å². The van der Waals surface area contributed by atoms with Crippen molar-refractivity contribution >= 4 is 5.91 Å². The molecule has 1 aromatic heterocycles. The fourth-order valence-corrected chi connectivity index (χ4v) is 2.98. The highest BCUT2D eigenvalue weighted by molar-refractivity contribution is 5.76. The lowest BCUT2D eigenvalue weighted by atomic mass is 9.97. The minimum atomic E-state index is -0.585. The Bertz CT molecular complexity index is 513. The molecular weight excluding hydrogens is 296 g/mol. The molecule has 0 radical (unpaired) electrons. The summed E-state index contributed by atoms with van der Waals surface area (Å²) < 4.78 is 13.5. The lowest BCUT2D eigenvalue weighted by Crippen LogP contribution is -2.56. The summed E-state index contributed by atoms with van der Waals surface area (Å²) in [6.07, 6.45) is 4.15. The predicted octanol–water partition coefficient (Wildman–Crippen LogP) is 0.599. The molecule has 23 heavy (non-hydrogen) atoms. The third-order valence-corrected chi connectivity index (χ3v) is 4.21. The Labute approximate surface area is 138 Å². The number of hydrogen-bond acceptors (Lipinski definition) is 5. The number of rotatable bonds is 7. The van der Waals surface area contributed by atoms with Crippen LogP contribution in [0.25, 0.3) is 0 Å². The van der Waals surface area contributed by atoms with E-state index in [0.717, 1.165) is 25.5 Å². The summed E-state index contributed by atoms with van der Waals surface area (Å²) in [6.45, 7) is 6.26. The molecule has 0 spiro atoms. The number of carbonyl (C=O) groups is 1. The monoisotopic (exact) mass is 324 g/mol. The molecule has 2 heterocycles. The fourth-order valence-electron chi connectivity index (χ4n) is 2.98. The average Bonchev–Trinajstić information content (AvgIpc) is 2.94. The van der Waals surface area contributed by atoms with E-state index in [1.807, 2.05) is 12.4 Å². The van der Waals surface area contributed by atoms with E-state index in [4.69, 9.17) is 9.47 Å². The highest BCUT2D eigenvalue weighted by Crippen LogP contribution is 2.24. The van der Waals surface area contributed by atoms with Gasteiger partial charge in [0.1, 0.15) is 11.4 Å². The Morgan fingerprint density at radius 3 is 2.96 bits per heavy atom. The molecule has 1 aromatic rings. The summed E-state index contributed by atoms with van der Waals surface area (Å²) in [5.74, 6) is 1.10. The number of aromatic nitrogens is 2. The third-order valence-electron chi connectivity index (χ3n) is 4.21. The van der Waals surface area contributed by atoms with E-state index in [1.54, 1.807) is 26.1 Å². The number of nitrogens with zero attached hydrogens (tertiary/aromatic N) is 4. The summed E-state index contributed by atoms with van der Waals surface area (Å²) in [5.41, 5.74) is -0.585. The lowest BCUT2D eigenvalue weighted by molar-refractivity contribution is -0.160. The Hall–Kier alpha value is -1.44. The number of aryl methyl sites for hydroxylation is 1. The Kier molecular flexibility index (Phi) is 6.15. The molecule has 1 aliphatic rings. The molecule has 0 aliphatic carbocycles. The minimum absolute atomic E-state index is 0.0546. The minimum Gasteiger partial charge on any atom is -0.382 e. The molecule has 0 aromatic carbocycles. The van der Waals surface area contributed by atoms with Gasteiger partial charge >= 0.3 is 0 Å². The highest BCUT2D eigenvalue weighted by Gasteiger charge is 2.39. The first-order chi connectivity index (χ1) is 11.0. The van der Waals surface area contributed by atoms with Gasteiger partial charge in [0, 0.05) is 53.2 Å². The van der Waals surface area contributed by atoms with Crippen molar-refractivity contribution in [2.45, 2.75) is 32.0 Å². The zero-order valence-corrected chi connectivity index (χ0v) is 14.6. The topological polar surface area (TPSA) is 59.8 Å². The van der Waals surface area contributed by atoms with Crippen LogP contribution in [0.4, 0.5) is 0 Å². The smallest absolute Gasteiger partial charge is 0.225 e. The molecule has 7 heteroatoms. The molecule has 0 N–H and O–H groups in total. The van der Waals surface area contributed by atoms with E-state index in [9.17, 15) is 4.79 Å². The van der Waals surface area contributed by atoms with Crippen LogP contribution in [0.2, 0.25) is 0 Å². The van der Waals surface area contributed by atoms with Crippen molar-refractivity contribution in [1.29, 1.82) is 0 Å². The van der Waals surface area contributed by atoms with E-state index < -0.39 is 5.60 Å². The maximum Gasteiger partial charge on any atom is 0.225 e. The molecule has 0 saturated carbocycles. The van der Waals surface area contributed by atoms with Crippen LogP contribution >= 0.6 is 0 Å². The zero-order chi connectivity index (χ0) is 16.9. The molecular formula is C16H28N4O3. The fraction of sp³-hybridized carbons (Fsp3) is 0.750. The Morgan fingerprint density at radius 1 is 1.52 bits per heavy atom. The SMILES string of the molecule is CCn1ccnc1CN1CCO[C@](COC)(CC(=O)N(C)C)C1. The van der Waals surface area contributed by atoms with Crippen molar-refractivity contribution in [2.24, 2.45) is 0 Å². The standard InChI is InChI=1S/C16H28N4O3/c1-5-20-7-6-17-14(20)11-19-8-9-23-16(12-19,13-22-4)10-15(21)18(2)3/h6-7H,5,8-13H2,1-4H3/t16-/m1/s1. The number of imidazole rings is 1. The van der Waals surface area contributed by atoms with Crippen molar-refractivity contribution in [2.75, 3.05) is 47.5 Å². The van der Waals surface area contributed by atoms with E-state index in [0.29, 0.717) is 26.2 Å². The van der Waals surface area contributed by atoms with Crippen molar-refractivity contribution in [1.82, 2.24) is 19.4 Å². The molecule has 1 amide bonds. The van der Waals surface area contributed by atoms with Crippen LogP contribution in [0.5, 0.6) is 0 Å². The van der Waals surface area contributed by atoms with Crippen molar-refractivity contribution in [3.8, 4) is 0 Å². The molecule has 2 rings (SSSR count). The Balaban J connectivity index is 2.07. The van der Waals surface area contributed by atoms with E-state index in [2.05, 4.69) is 21.4 Å². The van der Waals surface area contributed by atoms with Gasteiger partial charge in [-0.2, -0.15) is 0 Å². The van der Waals surface area contributed by atoms with Gasteiger partial charge in [0.05, 0.1) is 26.2 Å². The van der Waals surface area contributed by atoms with Gasteiger partial charge in [0.25, 0.3) is 0 Å². The number of ether oxygens (including phenoxy) is 2. The molecule has 1 fully saturated rings. The second-order valence-corrected chi connectivity index (χ2v) is 6.27. The summed E-state index contributed by atoms with van der Waals surface area (Å²) in [4.78, 5) is 20.5. The van der Waals surface area contributed by atoms with E-state index >= 15 is 0 Å². The maximum absolute atomic E-state index is 12.2. The van der Waals surface area contributed by atoms with Gasteiger partial charge in [-0.05, 0) is 6.92 Å². The predicted molar refractivity (Wildman–Crippen MR) is 87.0 cm³/mol. The summed E-state index contributed by atoms with van der Waals surface area (Å²) in [7, 11) is 5.18. The quantitative estimate of drug-likeness (QED) is 0.735. The normalized spacial score (nSPS) is 22.3. The molecule has 1 aliphatic heterocycles. The lowest BCUT2D eigenvalue weighted by Gasteiger charge is -2.42. The number of methoxy groups -OCH3 is 1. The van der Waals surface area contributed by atoms with Crippen LogP contribution in [0.1, 0.15) is 19.2 Å². The average molecular weight is 324 g/mol. The van der Waals surface area contributed by atoms with Crippen molar-refractivity contribution in [3.05, 3.63) is 18.2 Å². The number of hydrogen-bond donors (Lipinski definition) is 0. The zero-order valence-electron chi connectivity index (χ0n) is 14.6. The van der Waals surface area contributed by atoms with Crippen molar-refractivity contribution < 1.29 is 14.3 Å². The van der Waals surface area contributed by atoms with Crippen molar-refractivity contribution in [3.63, 3.8) is 0 Å². The number of morpholine rings is 1. The van der Waals surface area contributed by atoms with E-state index in [1.165, 1.54) is 0 Å². The van der Waals surface area contributed by atoms with Crippen LogP contribution in [0, 0.1) is 0 Å². The van der Waals surface area contributed by atoms with Crippen LogP contribution in [0.15, 0.2) is 12.4 Å². The van der Waals surface area contributed by atoms with Crippen LogP contribution in [-0.2, 0) is 27.4 Å². The van der Waals surface area contributed by atoms with Gasteiger partial charge in [-0.1, -0.05) is 0 Å². The molecule has 0 unspecified atom stereocenters. The number of amides is 1. The number of carbonyl (C=O) groups excluding carboxylic acids is 1. The third kappa shape index (κ3) is 4.53. The van der Waals surface area contributed by atoms with Gasteiger partial charge < -0.3 is 18.9 Å². The van der Waals surface area contributed by atoms with Gasteiger partial charge in [0.2, 0.25) is 5.91 Å². The second kappa shape index (κ2) is 7.90. The highest BCUT2D eigenvalue weighted by atomic mass is 16.5. The van der Waals surface area contributed by atoms with Crippen LogP contribution < -0.4 is 0 Å². The first-order valence-electron chi connectivity index (χ1n) is 8.05. The largest absolute Gasteiger partial charge is 0.382 e.